The lowest BCUT2D eigenvalue weighted by molar-refractivity contribution is -0.122. The summed E-state index contributed by atoms with van der Waals surface area (Å²) in [5.41, 5.74) is 0. The van der Waals surface area contributed by atoms with Gasteiger partial charge in [0.2, 0.25) is 5.91 Å². The summed E-state index contributed by atoms with van der Waals surface area (Å²) < 4.78 is 10.9. The largest absolute Gasteiger partial charge is 0.379 e. The molecule has 146 valence electrons. The quantitative estimate of drug-likeness (QED) is 0.159. The van der Waals surface area contributed by atoms with E-state index >= 15 is 0 Å². The molecule has 0 saturated carbocycles. The molecule has 0 bridgehead atoms. The summed E-state index contributed by atoms with van der Waals surface area (Å²) in [4.78, 5) is 11.4. The van der Waals surface area contributed by atoms with E-state index in [1.54, 1.807) is 0 Å². The van der Waals surface area contributed by atoms with Crippen molar-refractivity contribution in [3.63, 3.8) is 0 Å². The Labute approximate surface area is 160 Å². The zero-order valence-corrected chi connectivity index (χ0v) is 17.3. The first-order valence-electron chi connectivity index (χ1n) is 8.74. The summed E-state index contributed by atoms with van der Waals surface area (Å²) in [7, 11) is 5.67. The third kappa shape index (κ3) is 19.7. The van der Waals surface area contributed by atoms with Gasteiger partial charge in [-0.3, -0.25) is 4.79 Å². The SMILES string of the molecule is CCC#CCNC(=O)CCOCCOCCNC(C)SSCCNC. The van der Waals surface area contributed by atoms with Gasteiger partial charge in [0.15, 0.2) is 0 Å². The predicted molar refractivity (Wildman–Crippen MR) is 109 cm³/mol. The molecule has 0 aromatic rings. The van der Waals surface area contributed by atoms with Crippen molar-refractivity contribution >= 4 is 27.5 Å². The number of nitrogens with one attached hydrogen (secondary N) is 3. The second-order valence-electron chi connectivity index (χ2n) is 5.08. The third-order valence-corrected chi connectivity index (χ3v) is 5.58. The van der Waals surface area contributed by atoms with Crippen LogP contribution in [0.2, 0.25) is 0 Å². The highest BCUT2D eigenvalue weighted by atomic mass is 33.1. The molecule has 0 spiro atoms. The monoisotopic (exact) mass is 391 g/mol. The Morgan fingerprint density at radius 1 is 1.12 bits per heavy atom. The van der Waals surface area contributed by atoms with E-state index in [0.29, 0.717) is 44.8 Å². The van der Waals surface area contributed by atoms with Gasteiger partial charge in [0.25, 0.3) is 0 Å². The van der Waals surface area contributed by atoms with Gasteiger partial charge in [-0.05, 0) is 14.0 Å². The maximum absolute atomic E-state index is 11.4. The van der Waals surface area contributed by atoms with Crippen molar-refractivity contribution in [2.75, 3.05) is 58.9 Å². The Balaban J connectivity index is 3.26. The first-order valence-corrected chi connectivity index (χ1v) is 11.1. The summed E-state index contributed by atoms with van der Waals surface area (Å²) >= 11 is 0. The second kappa shape index (κ2) is 19.9. The molecule has 0 aromatic heterocycles. The molecule has 0 aromatic carbocycles. The Hall–Kier alpha value is -0.430. The number of hydrogen-bond donors (Lipinski definition) is 3. The number of ether oxygens (including phenoxy) is 2. The molecule has 1 amide bonds. The highest BCUT2D eigenvalue weighted by molar-refractivity contribution is 8.76. The average molecular weight is 392 g/mol. The first-order chi connectivity index (χ1) is 12.2. The smallest absolute Gasteiger partial charge is 0.223 e. The van der Waals surface area contributed by atoms with Crippen LogP contribution in [0.5, 0.6) is 0 Å². The van der Waals surface area contributed by atoms with Crippen molar-refractivity contribution in [3.05, 3.63) is 0 Å². The molecule has 25 heavy (non-hydrogen) atoms. The minimum atomic E-state index is -0.0328. The Morgan fingerprint density at radius 3 is 2.60 bits per heavy atom. The number of hydrogen-bond acceptors (Lipinski definition) is 7. The molecular weight excluding hydrogens is 358 g/mol. The molecule has 0 aliphatic rings. The van der Waals surface area contributed by atoms with Gasteiger partial charge in [-0.1, -0.05) is 34.4 Å². The summed E-state index contributed by atoms with van der Waals surface area (Å²) in [6, 6.07) is 0. The maximum Gasteiger partial charge on any atom is 0.223 e. The third-order valence-electron chi connectivity index (χ3n) is 2.85. The molecular formula is C17H33N3O3S2. The minimum absolute atomic E-state index is 0.0328. The van der Waals surface area contributed by atoms with Crippen LogP contribution in [0.1, 0.15) is 26.7 Å². The number of carbonyl (C=O) groups excluding carboxylic acids is 1. The minimum Gasteiger partial charge on any atom is -0.379 e. The van der Waals surface area contributed by atoms with Gasteiger partial charge in [0, 0.05) is 31.7 Å². The van der Waals surface area contributed by atoms with Gasteiger partial charge in [-0.2, -0.15) is 0 Å². The standard InChI is InChI=1S/C17H33N3O3S2/c1-4-5-6-8-20-17(21)7-11-22-13-14-23-12-9-19-16(2)25-24-15-10-18-3/h16,18-19H,4,7-15H2,1-3H3,(H,20,21). The van der Waals surface area contributed by atoms with Gasteiger partial charge in [-0.25, -0.2) is 0 Å². The van der Waals surface area contributed by atoms with Crippen LogP contribution in [0.15, 0.2) is 0 Å². The highest BCUT2D eigenvalue weighted by Crippen LogP contribution is 2.24. The van der Waals surface area contributed by atoms with Gasteiger partial charge in [0.05, 0.1) is 38.3 Å². The van der Waals surface area contributed by atoms with Crippen LogP contribution in [0.4, 0.5) is 0 Å². The number of rotatable bonds is 16. The zero-order valence-electron chi connectivity index (χ0n) is 15.7. The molecule has 1 unspecified atom stereocenters. The molecule has 0 radical (unpaired) electrons. The first kappa shape index (κ1) is 24.6. The van der Waals surface area contributed by atoms with Crippen LogP contribution >= 0.6 is 21.6 Å². The molecule has 0 rings (SSSR count). The fourth-order valence-electron chi connectivity index (χ4n) is 1.57. The van der Waals surface area contributed by atoms with Gasteiger partial charge in [0.1, 0.15) is 0 Å². The summed E-state index contributed by atoms with van der Waals surface area (Å²) in [5.74, 6) is 6.84. The van der Waals surface area contributed by atoms with Crippen LogP contribution in [0.25, 0.3) is 0 Å². The van der Waals surface area contributed by atoms with Crippen molar-refractivity contribution in [1.82, 2.24) is 16.0 Å². The van der Waals surface area contributed by atoms with E-state index in [1.165, 1.54) is 0 Å². The van der Waals surface area contributed by atoms with Gasteiger partial charge < -0.3 is 25.4 Å². The average Bonchev–Trinajstić information content (AvgIpc) is 2.61. The van der Waals surface area contributed by atoms with Crippen LogP contribution in [-0.2, 0) is 14.3 Å². The lowest BCUT2D eigenvalue weighted by Crippen LogP contribution is -2.27. The lowest BCUT2D eigenvalue weighted by atomic mass is 10.4. The lowest BCUT2D eigenvalue weighted by Gasteiger charge is -2.12. The molecule has 0 aliphatic carbocycles. The highest BCUT2D eigenvalue weighted by Gasteiger charge is 2.02. The van der Waals surface area contributed by atoms with E-state index in [-0.39, 0.29) is 5.91 Å². The van der Waals surface area contributed by atoms with E-state index in [0.717, 1.165) is 25.3 Å². The summed E-state index contributed by atoms with van der Waals surface area (Å²) in [5, 5.41) is 9.66. The van der Waals surface area contributed by atoms with Crippen LogP contribution < -0.4 is 16.0 Å². The Kier molecular flexibility index (Phi) is 19.5. The molecule has 0 saturated heterocycles. The van der Waals surface area contributed by atoms with Crippen LogP contribution in [0, 0.1) is 11.8 Å². The number of carbonyl (C=O) groups is 1. The van der Waals surface area contributed by atoms with Crippen molar-refractivity contribution in [2.45, 2.75) is 32.1 Å². The van der Waals surface area contributed by atoms with Crippen LogP contribution in [0.3, 0.4) is 0 Å². The molecule has 0 fully saturated rings. The van der Waals surface area contributed by atoms with Gasteiger partial charge >= 0.3 is 0 Å². The van der Waals surface area contributed by atoms with Gasteiger partial charge in [-0.15, -0.1) is 5.92 Å². The van der Waals surface area contributed by atoms with Crippen molar-refractivity contribution in [3.8, 4) is 11.8 Å². The van der Waals surface area contributed by atoms with E-state index < -0.39 is 0 Å². The van der Waals surface area contributed by atoms with Crippen molar-refractivity contribution in [2.24, 2.45) is 0 Å². The molecule has 8 heteroatoms. The van der Waals surface area contributed by atoms with E-state index in [2.05, 4.69) is 34.7 Å². The van der Waals surface area contributed by atoms with Crippen LogP contribution in [-0.4, -0.2) is 70.1 Å². The fraction of sp³-hybridized carbons (Fsp3) is 0.824. The van der Waals surface area contributed by atoms with Crippen molar-refractivity contribution < 1.29 is 14.3 Å². The zero-order chi connectivity index (χ0) is 18.6. The maximum atomic E-state index is 11.4. The summed E-state index contributed by atoms with van der Waals surface area (Å²) in [6.07, 6.45) is 1.16. The molecule has 1 atom stereocenters. The van der Waals surface area contributed by atoms with E-state index in [4.69, 9.17) is 9.47 Å². The van der Waals surface area contributed by atoms with Crippen molar-refractivity contribution in [1.29, 1.82) is 0 Å². The van der Waals surface area contributed by atoms with E-state index in [1.807, 2.05) is 35.6 Å². The molecule has 3 N–H and O–H groups in total. The molecule has 6 nitrogen and oxygen atoms in total. The number of amides is 1. The summed E-state index contributed by atoms with van der Waals surface area (Å²) in [6.45, 7) is 8.51. The fourth-order valence-corrected chi connectivity index (χ4v) is 3.70. The van der Waals surface area contributed by atoms with E-state index in [9.17, 15) is 4.79 Å². The second-order valence-corrected chi connectivity index (χ2v) is 7.90. The Bertz CT molecular complexity index is 376. The molecule has 0 heterocycles. The predicted octanol–water partition coefficient (Wildman–Crippen LogP) is 1.48. The molecule has 0 aliphatic heterocycles. The topological polar surface area (TPSA) is 71.6 Å². The normalized spacial score (nSPS) is 11.6. The Morgan fingerprint density at radius 2 is 1.88 bits per heavy atom.